The van der Waals surface area contributed by atoms with E-state index >= 15 is 0 Å². The second-order valence-corrected chi connectivity index (χ2v) is 9.52. The zero-order valence-corrected chi connectivity index (χ0v) is 18.9. The number of rotatable bonds is 6. The Hall–Kier alpha value is -3.53. The van der Waals surface area contributed by atoms with Crippen molar-refractivity contribution in [1.82, 2.24) is 19.8 Å². The van der Waals surface area contributed by atoms with Crippen LogP contribution in [0.2, 0.25) is 5.02 Å². The van der Waals surface area contributed by atoms with Crippen molar-refractivity contribution < 1.29 is 8.42 Å². The van der Waals surface area contributed by atoms with Gasteiger partial charge in [0.25, 0.3) is 0 Å². The van der Waals surface area contributed by atoms with Gasteiger partial charge in [0.2, 0.25) is 10.0 Å². The molecule has 3 N–H and O–H groups in total. The molecule has 0 aliphatic heterocycles. The van der Waals surface area contributed by atoms with E-state index in [1.54, 1.807) is 16.6 Å². The predicted molar refractivity (Wildman–Crippen MR) is 129 cm³/mol. The third-order valence-corrected chi connectivity index (χ3v) is 6.47. The summed E-state index contributed by atoms with van der Waals surface area (Å²) in [6.45, 7) is 0.593. The molecule has 5 rings (SSSR count). The number of nitrogens with one attached hydrogen (secondary N) is 1. The summed E-state index contributed by atoms with van der Waals surface area (Å²) in [5.41, 5.74) is 3.95. The molecule has 0 spiro atoms. The Bertz CT molecular complexity index is 1580. The fourth-order valence-electron chi connectivity index (χ4n) is 3.69. The summed E-state index contributed by atoms with van der Waals surface area (Å²) in [5.74, 6) is 0.713. The maximum Gasteiger partial charge on any atom is 0.238 e. The molecule has 0 aliphatic carbocycles. The van der Waals surface area contributed by atoms with Crippen LogP contribution in [0.4, 0.5) is 5.82 Å². The van der Waals surface area contributed by atoms with E-state index in [2.05, 4.69) is 15.6 Å². The number of primary sulfonamides is 1. The topological polar surface area (TPSA) is 115 Å². The molecule has 10 heteroatoms. The second-order valence-electron chi connectivity index (χ2n) is 7.53. The summed E-state index contributed by atoms with van der Waals surface area (Å²) in [6, 6.07) is 21.8. The lowest BCUT2D eigenvalue weighted by Crippen LogP contribution is -2.12. The molecule has 8 nitrogen and oxygen atoms in total. The predicted octanol–water partition coefficient (Wildman–Crippen LogP) is 3.90. The van der Waals surface area contributed by atoms with Crippen LogP contribution in [0.3, 0.4) is 0 Å². The van der Waals surface area contributed by atoms with E-state index < -0.39 is 10.0 Å². The molecular formula is C23H19ClN6O2S. The zero-order chi connectivity index (χ0) is 23.0. The molecule has 0 radical (unpaired) electrons. The standard InChI is InChI=1S/C23H19ClN6O2S/c24-17-5-3-4-16(14-17)21-23-27-22(19-6-1-2-7-20(19)30(23)29-28-21)26-13-12-15-8-10-18(11-9-15)33(25,31)32/h1-11,14H,12-13H2,(H,26,27)(H2,25,31,32). The number of hydrogen-bond donors (Lipinski definition) is 2. The minimum absolute atomic E-state index is 0.0964. The highest BCUT2D eigenvalue weighted by Crippen LogP contribution is 2.29. The van der Waals surface area contributed by atoms with Crippen LogP contribution < -0.4 is 10.5 Å². The van der Waals surface area contributed by atoms with E-state index in [0.717, 1.165) is 22.0 Å². The summed E-state index contributed by atoms with van der Waals surface area (Å²) in [5, 5.41) is 18.8. The third kappa shape index (κ3) is 4.25. The van der Waals surface area contributed by atoms with Crippen molar-refractivity contribution in [3.63, 3.8) is 0 Å². The highest BCUT2D eigenvalue weighted by molar-refractivity contribution is 7.89. The first-order valence-corrected chi connectivity index (χ1v) is 12.1. The van der Waals surface area contributed by atoms with Crippen LogP contribution in [0, 0.1) is 0 Å². The van der Waals surface area contributed by atoms with Gasteiger partial charge in [0.1, 0.15) is 11.5 Å². The minimum Gasteiger partial charge on any atom is -0.369 e. The largest absolute Gasteiger partial charge is 0.369 e. The first-order valence-electron chi connectivity index (χ1n) is 10.2. The number of sulfonamides is 1. The van der Waals surface area contributed by atoms with Gasteiger partial charge in [-0.05, 0) is 48.4 Å². The molecule has 5 aromatic rings. The van der Waals surface area contributed by atoms with Gasteiger partial charge in [0.15, 0.2) is 5.65 Å². The Morgan fingerprint density at radius 1 is 1.00 bits per heavy atom. The molecule has 0 aliphatic rings. The number of para-hydroxylation sites is 1. The van der Waals surface area contributed by atoms with Gasteiger partial charge in [-0.15, -0.1) is 5.10 Å². The van der Waals surface area contributed by atoms with Gasteiger partial charge in [0, 0.05) is 22.5 Å². The molecule has 2 aromatic heterocycles. The van der Waals surface area contributed by atoms with Crippen molar-refractivity contribution in [2.75, 3.05) is 11.9 Å². The Balaban J connectivity index is 1.47. The Morgan fingerprint density at radius 3 is 2.55 bits per heavy atom. The molecule has 3 aromatic carbocycles. The van der Waals surface area contributed by atoms with Crippen LogP contribution in [0.15, 0.2) is 77.7 Å². The number of benzene rings is 3. The second kappa shape index (κ2) is 8.43. The maximum absolute atomic E-state index is 11.4. The van der Waals surface area contributed by atoms with Crippen LogP contribution >= 0.6 is 11.6 Å². The van der Waals surface area contributed by atoms with Gasteiger partial charge >= 0.3 is 0 Å². The molecule has 33 heavy (non-hydrogen) atoms. The first-order chi connectivity index (χ1) is 15.9. The highest BCUT2D eigenvalue weighted by atomic mass is 35.5. The average molecular weight is 479 g/mol. The van der Waals surface area contributed by atoms with Gasteiger partial charge in [-0.25, -0.2) is 18.5 Å². The molecule has 166 valence electrons. The summed E-state index contributed by atoms with van der Waals surface area (Å²) in [4.78, 5) is 4.93. The first kappa shape index (κ1) is 21.3. The number of nitrogens with two attached hydrogens (primary N) is 1. The van der Waals surface area contributed by atoms with Gasteiger partial charge in [-0.2, -0.15) is 4.52 Å². The maximum atomic E-state index is 11.4. The number of fused-ring (bicyclic) bond motifs is 3. The fourth-order valence-corrected chi connectivity index (χ4v) is 4.40. The SMILES string of the molecule is NS(=O)(=O)c1ccc(CCNc2nc3c(-c4cccc(Cl)c4)nnn3c3ccccc23)cc1. The fraction of sp³-hybridized carbons (Fsp3) is 0.0870. The molecule has 0 bridgehead atoms. The number of aromatic nitrogens is 4. The number of anilines is 1. The lowest BCUT2D eigenvalue weighted by Gasteiger charge is -2.11. The highest BCUT2D eigenvalue weighted by Gasteiger charge is 2.16. The molecule has 2 heterocycles. The van der Waals surface area contributed by atoms with E-state index in [4.69, 9.17) is 21.7 Å². The molecular weight excluding hydrogens is 460 g/mol. The van der Waals surface area contributed by atoms with E-state index in [-0.39, 0.29) is 4.90 Å². The summed E-state index contributed by atoms with van der Waals surface area (Å²) >= 11 is 6.17. The van der Waals surface area contributed by atoms with E-state index in [0.29, 0.717) is 35.1 Å². The Labute approximate surface area is 195 Å². The van der Waals surface area contributed by atoms with Crippen LogP contribution in [0.5, 0.6) is 0 Å². The van der Waals surface area contributed by atoms with Crippen molar-refractivity contribution in [3.8, 4) is 11.3 Å². The Kier molecular flexibility index (Phi) is 5.45. The number of hydrogen-bond acceptors (Lipinski definition) is 6. The van der Waals surface area contributed by atoms with Crippen LogP contribution in [-0.4, -0.2) is 34.8 Å². The normalized spacial score (nSPS) is 11.8. The van der Waals surface area contributed by atoms with E-state index in [1.807, 2.05) is 48.5 Å². The van der Waals surface area contributed by atoms with Crippen molar-refractivity contribution in [3.05, 3.63) is 83.4 Å². The molecule has 0 fully saturated rings. The average Bonchev–Trinajstić information content (AvgIpc) is 3.23. The lowest BCUT2D eigenvalue weighted by molar-refractivity contribution is 0.598. The Morgan fingerprint density at radius 2 is 1.79 bits per heavy atom. The minimum atomic E-state index is -3.70. The van der Waals surface area contributed by atoms with E-state index in [9.17, 15) is 8.42 Å². The molecule has 0 saturated heterocycles. The molecule has 0 atom stereocenters. The van der Waals surface area contributed by atoms with Crippen molar-refractivity contribution in [2.45, 2.75) is 11.3 Å². The van der Waals surface area contributed by atoms with E-state index in [1.165, 1.54) is 12.1 Å². The van der Waals surface area contributed by atoms with Crippen molar-refractivity contribution in [1.29, 1.82) is 0 Å². The number of nitrogens with zero attached hydrogens (tertiary/aromatic N) is 4. The van der Waals surface area contributed by atoms with Gasteiger partial charge in [-0.3, -0.25) is 0 Å². The van der Waals surface area contributed by atoms with Gasteiger partial charge in [0.05, 0.1) is 10.4 Å². The van der Waals surface area contributed by atoms with Crippen LogP contribution in [-0.2, 0) is 16.4 Å². The van der Waals surface area contributed by atoms with Crippen molar-refractivity contribution >= 4 is 44.0 Å². The van der Waals surface area contributed by atoms with Crippen molar-refractivity contribution in [2.24, 2.45) is 5.14 Å². The summed E-state index contributed by atoms with van der Waals surface area (Å²) in [6.07, 6.45) is 0.671. The smallest absolute Gasteiger partial charge is 0.238 e. The van der Waals surface area contributed by atoms with Gasteiger partial charge in [-0.1, -0.05) is 53.2 Å². The summed E-state index contributed by atoms with van der Waals surface area (Å²) < 4.78 is 24.6. The molecule has 0 amide bonds. The monoisotopic (exact) mass is 478 g/mol. The lowest BCUT2D eigenvalue weighted by atomic mass is 10.1. The summed E-state index contributed by atoms with van der Waals surface area (Å²) in [7, 11) is -3.70. The third-order valence-electron chi connectivity index (χ3n) is 5.31. The molecule has 0 unspecified atom stereocenters. The van der Waals surface area contributed by atoms with Crippen LogP contribution in [0.1, 0.15) is 5.56 Å². The zero-order valence-electron chi connectivity index (χ0n) is 17.3. The van der Waals surface area contributed by atoms with Crippen LogP contribution in [0.25, 0.3) is 27.8 Å². The number of halogens is 1. The quantitative estimate of drug-likeness (QED) is 0.382. The van der Waals surface area contributed by atoms with Gasteiger partial charge < -0.3 is 5.32 Å². The molecule has 0 saturated carbocycles.